The van der Waals surface area contributed by atoms with Crippen molar-refractivity contribution in [3.63, 3.8) is 0 Å². The van der Waals surface area contributed by atoms with E-state index < -0.39 is 0 Å². The van der Waals surface area contributed by atoms with Crippen molar-refractivity contribution >= 4 is 5.91 Å². The molecule has 4 rings (SSSR count). The van der Waals surface area contributed by atoms with Gasteiger partial charge in [0.25, 0.3) is 0 Å². The number of ether oxygens (including phenoxy) is 3. The van der Waals surface area contributed by atoms with Gasteiger partial charge >= 0.3 is 0 Å². The summed E-state index contributed by atoms with van der Waals surface area (Å²) in [5, 5.41) is 3.11. The van der Waals surface area contributed by atoms with E-state index in [4.69, 9.17) is 14.2 Å². The van der Waals surface area contributed by atoms with Crippen LogP contribution in [0.1, 0.15) is 18.4 Å². The fraction of sp³-hybridized carbons (Fsp3) is 0.588. The zero-order chi connectivity index (χ0) is 15.7. The van der Waals surface area contributed by atoms with Crippen LogP contribution in [0.3, 0.4) is 0 Å². The van der Waals surface area contributed by atoms with E-state index in [-0.39, 0.29) is 18.1 Å². The van der Waals surface area contributed by atoms with Gasteiger partial charge in [-0.25, -0.2) is 0 Å². The second kappa shape index (κ2) is 6.02. The van der Waals surface area contributed by atoms with Crippen LogP contribution in [0.5, 0.6) is 11.5 Å². The molecule has 2 fully saturated rings. The van der Waals surface area contributed by atoms with Gasteiger partial charge in [-0.1, -0.05) is 6.07 Å². The molecule has 6 heteroatoms. The number of rotatable bonds is 5. The summed E-state index contributed by atoms with van der Waals surface area (Å²) in [7, 11) is 0. The van der Waals surface area contributed by atoms with Crippen LogP contribution in [0.25, 0.3) is 0 Å². The molecule has 1 saturated carbocycles. The Balaban J connectivity index is 1.35. The fourth-order valence-electron chi connectivity index (χ4n) is 3.29. The highest BCUT2D eigenvalue weighted by atomic mass is 16.7. The summed E-state index contributed by atoms with van der Waals surface area (Å²) in [6, 6.07) is 5.84. The van der Waals surface area contributed by atoms with Crippen molar-refractivity contribution in [2.45, 2.75) is 18.3 Å². The monoisotopic (exact) mass is 318 g/mol. The van der Waals surface area contributed by atoms with Gasteiger partial charge in [0.15, 0.2) is 11.5 Å². The first kappa shape index (κ1) is 14.8. The van der Waals surface area contributed by atoms with Crippen LogP contribution < -0.4 is 14.8 Å². The maximum Gasteiger partial charge on any atom is 0.231 e. The Labute approximate surface area is 135 Å². The number of amides is 1. The molecule has 3 aliphatic rings. The summed E-state index contributed by atoms with van der Waals surface area (Å²) < 4.78 is 16.1. The van der Waals surface area contributed by atoms with E-state index in [1.807, 2.05) is 18.2 Å². The van der Waals surface area contributed by atoms with E-state index in [9.17, 15) is 4.79 Å². The van der Waals surface area contributed by atoms with Gasteiger partial charge in [-0.3, -0.25) is 9.69 Å². The number of nitrogens with one attached hydrogen (secondary N) is 1. The molecule has 2 heterocycles. The summed E-state index contributed by atoms with van der Waals surface area (Å²) in [5.41, 5.74) is 0.664. The van der Waals surface area contributed by atoms with Crippen molar-refractivity contribution in [1.29, 1.82) is 0 Å². The Morgan fingerprint density at radius 1 is 1.17 bits per heavy atom. The summed E-state index contributed by atoms with van der Waals surface area (Å²) in [5.74, 6) is 1.64. The maximum absolute atomic E-state index is 12.6. The quantitative estimate of drug-likeness (QED) is 0.874. The highest BCUT2D eigenvalue weighted by molar-refractivity contribution is 5.91. The second-order valence-corrected chi connectivity index (χ2v) is 6.36. The van der Waals surface area contributed by atoms with Gasteiger partial charge in [0.1, 0.15) is 0 Å². The van der Waals surface area contributed by atoms with Crippen molar-refractivity contribution in [3.8, 4) is 11.5 Å². The number of nitrogens with zero attached hydrogens (tertiary/aromatic N) is 1. The molecule has 1 aliphatic carbocycles. The summed E-state index contributed by atoms with van der Waals surface area (Å²) in [4.78, 5) is 15.0. The molecule has 0 atom stereocenters. The molecular weight excluding hydrogens is 296 g/mol. The van der Waals surface area contributed by atoms with E-state index in [1.54, 1.807) is 0 Å². The minimum Gasteiger partial charge on any atom is -0.454 e. The molecule has 0 radical (unpaired) electrons. The highest BCUT2D eigenvalue weighted by Crippen LogP contribution is 2.50. The van der Waals surface area contributed by atoms with E-state index in [1.165, 1.54) is 0 Å². The number of morpholine rings is 1. The zero-order valence-corrected chi connectivity index (χ0v) is 13.2. The average molecular weight is 318 g/mol. The Morgan fingerprint density at radius 3 is 2.74 bits per heavy atom. The summed E-state index contributed by atoms with van der Waals surface area (Å²) in [6.07, 6.45) is 1.80. The molecule has 0 spiro atoms. The summed E-state index contributed by atoms with van der Waals surface area (Å²) >= 11 is 0. The second-order valence-electron chi connectivity index (χ2n) is 6.36. The van der Waals surface area contributed by atoms with Crippen LogP contribution in [-0.4, -0.2) is 57.0 Å². The maximum atomic E-state index is 12.6. The first-order valence-electron chi connectivity index (χ1n) is 8.26. The molecule has 1 saturated heterocycles. The Kier molecular flexibility index (Phi) is 3.87. The molecule has 0 aromatic heterocycles. The first-order valence-corrected chi connectivity index (χ1v) is 8.26. The lowest BCUT2D eigenvalue weighted by Crippen LogP contribution is -2.43. The normalized spacial score (nSPS) is 21.9. The van der Waals surface area contributed by atoms with Crippen LogP contribution in [0.2, 0.25) is 0 Å². The number of benzene rings is 1. The highest BCUT2D eigenvalue weighted by Gasteiger charge is 2.51. The van der Waals surface area contributed by atoms with Crippen molar-refractivity contribution in [2.75, 3.05) is 46.2 Å². The third kappa shape index (κ3) is 2.88. The lowest BCUT2D eigenvalue weighted by atomic mass is 9.94. The average Bonchev–Trinajstić information content (AvgIpc) is 3.27. The molecule has 1 N–H and O–H groups in total. The van der Waals surface area contributed by atoms with Crippen molar-refractivity contribution in [3.05, 3.63) is 23.8 Å². The molecule has 0 unspecified atom stereocenters. The molecule has 124 valence electrons. The van der Waals surface area contributed by atoms with Crippen molar-refractivity contribution in [1.82, 2.24) is 10.2 Å². The Morgan fingerprint density at radius 2 is 1.96 bits per heavy atom. The SMILES string of the molecule is O=C(NCCN1CCOCC1)C1(c2ccc3c(c2)OCO3)CC1. The third-order valence-electron chi connectivity index (χ3n) is 4.93. The smallest absolute Gasteiger partial charge is 0.231 e. The van der Waals surface area contributed by atoms with Crippen LogP contribution in [0.4, 0.5) is 0 Å². The van der Waals surface area contributed by atoms with Gasteiger partial charge in [-0.15, -0.1) is 0 Å². The van der Waals surface area contributed by atoms with Crippen LogP contribution in [0.15, 0.2) is 18.2 Å². The zero-order valence-electron chi connectivity index (χ0n) is 13.2. The van der Waals surface area contributed by atoms with Gasteiger partial charge in [-0.2, -0.15) is 0 Å². The number of carbonyl (C=O) groups excluding carboxylic acids is 1. The lowest BCUT2D eigenvalue weighted by molar-refractivity contribution is -0.123. The molecule has 6 nitrogen and oxygen atoms in total. The Bertz CT molecular complexity index is 594. The number of carbonyl (C=O) groups is 1. The van der Waals surface area contributed by atoms with Gasteiger partial charge in [0.05, 0.1) is 18.6 Å². The molecular formula is C17H22N2O4. The van der Waals surface area contributed by atoms with E-state index in [0.29, 0.717) is 6.54 Å². The van der Waals surface area contributed by atoms with Crippen molar-refractivity contribution in [2.24, 2.45) is 0 Å². The minimum atomic E-state index is -0.369. The minimum absolute atomic E-state index is 0.129. The predicted octanol–water partition coefficient (Wildman–Crippen LogP) is 0.895. The lowest BCUT2D eigenvalue weighted by Gasteiger charge is -2.27. The topological polar surface area (TPSA) is 60.0 Å². The van der Waals surface area contributed by atoms with Crippen LogP contribution >= 0.6 is 0 Å². The van der Waals surface area contributed by atoms with Crippen LogP contribution in [0, 0.1) is 0 Å². The van der Waals surface area contributed by atoms with E-state index in [0.717, 1.165) is 62.8 Å². The molecule has 1 aromatic rings. The number of hydrogen-bond donors (Lipinski definition) is 1. The summed E-state index contributed by atoms with van der Waals surface area (Å²) in [6.45, 7) is 5.30. The van der Waals surface area contributed by atoms with Crippen molar-refractivity contribution < 1.29 is 19.0 Å². The van der Waals surface area contributed by atoms with Gasteiger partial charge in [0.2, 0.25) is 12.7 Å². The fourth-order valence-corrected chi connectivity index (χ4v) is 3.29. The largest absolute Gasteiger partial charge is 0.454 e. The third-order valence-corrected chi connectivity index (χ3v) is 4.93. The molecule has 23 heavy (non-hydrogen) atoms. The molecule has 0 bridgehead atoms. The first-order chi connectivity index (χ1) is 11.3. The Hall–Kier alpha value is -1.79. The number of fused-ring (bicyclic) bond motifs is 1. The molecule has 1 amide bonds. The van der Waals surface area contributed by atoms with Gasteiger partial charge in [-0.05, 0) is 30.5 Å². The van der Waals surface area contributed by atoms with Crippen LogP contribution in [-0.2, 0) is 14.9 Å². The molecule has 1 aromatic carbocycles. The van der Waals surface area contributed by atoms with Gasteiger partial charge < -0.3 is 19.5 Å². The van der Waals surface area contributed by atoms with E-state index >= 15 is 0 Å². The standard InChI is InChI=1S/C17H22N2O4/c20-16(18-5-6-19-7-9-21-10-8-19)17(3-4-17)13-1-2-14-15(11-13)23-12-22-14/h1-2,11H,3-10,12H2,(H,18,20). The molecule has 2 aliphatic heterocycles. The predicted molar refractivity (Wildman–Crippen MR) is 83.7 cm³/mol. The van der Waals surface area contributed by atoms with Gasteiger partial charge in [0, 0.05) is 26.2 Å². The van der Waals surface area contributed by atoms with E-state index in [2.05, 4.69) is 10.2 Å². The number of hydrogen-bond acceptors (Lipinski definition) is 5.